The van der Waals surface area contributed by atoms with Crippen LogP contribution in [0.4, 0.5) is 10.5 Å². The van der Waals surface area contributed by atoms with Crippen LogP contribution >= 0.6 is 0 Å². The Morgan fingerprint density at radius 1 is 1.14 bits per heavy atom. The maximum atomic E-state index is 13.0. The lowest BCUT2D eigenvalue weighted by molar-refractivity contribution is 0.0203. The summed E-state index contributed by atoms with van der Waals surface area (Å²) in [5.41, 5.74) is -0.140. The van der Waals surface area contributed by atoms with E-state index in [9.17, 15) is 13.2 Å². The molecule has 2 aromatic rings. The van der Waals surface area contributed by atoms with Crippen molar-refractivity contribution in [3.05, 3.63) is 47.8 Å². The summed E-state index contributed by atoms with van der Waals surface area (Å²) in [4.78, 5) is 17.4. The van der Waals surface area contributed by atoms with E-state index < -0.39 is 15.6 Å². The average molecular weight is 416 g/mol. The number of ether oxygens (including phenoxy) is 1. The molecular weight excluding hydrogens is 390 g/mol. The zero-order valence-electron chi connectivity index (χ0n) is 16.8. The van der Waals surface area contributed by atoms with Crippen molar-refractivity contribution in [1.82, 2.24) is 9.62 Å². The maximum absolute atomic E-state index is 13.0. The van der Waals surface area contributed by atoms with Crippen molar-refractivity contribution in [2.45, 2.75) is 50.2 Å². The lowest BCUT2D eigenvalue weighted by Crippen LogP contribution is -2.47. The molecule has 0 spiro atoms. The summed E-state index contributed by atoms with van der Waals surface area (Å²) in [6, 6.07) is 9.76. The molecule has 0 saturated carbocycles. The van der Waals surface area contributed by atoms with Gasteiger partial charge in [0.2, 0.25) is 10.0 Å². The first kappa shape index (κ1) is 21.1. The fourth-order valence-corrected chi connectivity index (χ4v) is 4.89. The molecule has 1 amide bonds. The molecular formula is C21H25N3O4S. The van der Waals surface area contributed by atoms with Crippen LogP contribution in [0.2, 0.25) is 0 Å². The number of rotatable bonds is 3. The summed E-state index contributed by atoms with van der Waals surface area (Å²) in [5.74, 6) is 0. The molecule has 3 rings (SSSR count). The molecule has 2 aromatic carbocycles. The van der Waals surface area contributed by atoms with E-state index in [0.717, 1.165) is 0 Å². The Kier molecular flexibility index (Phi) is 5.82. The van der Waals surface area contributed by atoms with E-state index in [-0.39, 0.29) is 17.0 Å². The number of sulfonamides is 1. The predicted octanol–water partition coefficient (Wildman–Crippen LogP) is 4.07. The number of benzene rings is 2. The first-order valence-corrected chi connectivity index (χ1v) is 11.0. The van der Waals surface area contributed by atoms with Crippen molar-refractivity contribution >= 4 is 32.6 Å². The van der Waals surface area contributed by atoms with Crippen LogP contribution < -0.4 is 4.72 Å². The molecule has 7 nitrogen and oxygen atoms in total. The van der Waals surface area contributed by atoms with E-state index in [1.165, 1.54) is 12.1 Å². The second-order valence-electron chi connectivity index (χ2n) is 8.10. The number of carbonyl (C=O) groups excluding carboxylic acids is 1. The van der Waals surface area contributed by atoms with Gasteiger partial charge in [0.15, 0.2) is 5.69 Å². The van der Waals surface area contributed by atoms with Crippen molar-refractivity contribution in [2.24, 2.45) is 0 Å². The number of hydrogen-bond acceptors (Lipinski definition) is 4. The monoisotopic (exact) mass is 415 g/mol. The summed E-state index contributed by atoms with van der Waals surface area (Å²) in [6.07, 6.45) is 0.645. The Balaban J connectivity index is 1.73. The molecule has 0 aliphatic carbocycles. The number of nitrogens with zero attached hydrogens (tertiary/aromatic N) is 2. The van der Waals surface area contributed by atoms with Gasteiger partial charge >= 0.3 is 6.09 Å². The maximum Gasteiger partial charge on any atom is 0.410 e. The van der Waals surface area contributed by atoms with Crippen LogP contribution in [0.5, 0.6) is 0 Å². The first-order chi connectivity index (χ1) is 13.6. The molecule has 0 bridgehead atoms. The van der Waals surface area contributed by atoms with E-state index >= 15 is 0 Å². The number of carbonyl (C=O) groups is 1. The van der Waals surface area contributed by atoms with E-state index in [1.54, 1.807) is 29.2 Å². The normalized spacial score (nSPS) is 15.9. The minimum Gasteiger partial charge on any atom is -0.444 e. The van der Waals surface area contributed by atoms with Gasteiger partial charge in [-0.1, -0.05) is 36.4 Å². The molecule has 0 aromatic heterocycles. The Morgan fingerprint density at radius 2 is 1.76 bits per heavy atom. The molecule has 1 saturated heterocycles. The van der Waals surface area contributed by atoms with Crippen molar-refractivity contribution in [2.75, 3.05) is 13.1 Å². The number of likely N-dealkylation sites (tertiary alicyclic amines) is 1. The van der Waals surface area contributed by atoms with Gasteiger partial charge in [0.1, 0.15) is 5.60 Å². The van der Waals surface area contributed by atoms with E-state index in [0.29, 0.717) is 42.4 Å². The van der Waals surface area contributed by atoms with Gasteiger partial charge in [-0.15, -0.1) is 0 Å². The Bertz CT molecular complexity index is 1060. The summed E-state index contributed by atoms with van der Waals surface area (Å²) in [6.45, 7) is 13.6. The fraction of sp³-hybridized carbons (Fsp3) is 0.429. The highest BCUT2D eigenvalue weighted by Gasteiger charge is 2.29. The Hall–Kier alpha value is -2.63. The van der Waals surface area contributed by atoms with Crippen molar-refractivity contribution in [1.29, 1.82) is 0 Å². The van der Waals surface area contributed by atoms with E-state index in [2.05, 4.69) is 9.57 Å². The Morgan fingerprint density at radius 3 is 2.34 bits per heavy atom. The van der Waals surface area contributed by atoms with Crippen molar-refractivity contribution in [3.8, 4) is 0 Å². The fourth-order valence-electron chi connectivity index (χ4n) is 3.38. The van der Waals surface area contributed by atoms with Crippen LogP contribution in [0.1, 0.15) is 33.6 Å². The van der Waals surface area contributed by atoms with Crippen LogP contribution in [-0.2, 0) is 14.8 Å². The van der Waals surface area contributed by atoms with Gasteiger partial charge in [-0.2, -0.15) is 0 Å². The zero-order valence-corrected chi connectivity index (χ0v) is 17.6. The number of nitrogens with one attached hydrogen (secondary N) is 1. The zero-order chi connectivity index (χ0) is 21.2. The quantitative estimate of drug-likeness (QED) is 0.767. The molecule has 1 aliphatic rings. The molecule has 0 atom stereocenters. The number of hydrogen-bond donors (Lipinski definition) is 1. The van der Waals surface area contributed by atoms with Crippen LogP contribution in [0, 0.1) is 6.57 Å². The third kappa shape index (κ3) is 4.86. The Labute approximate surface area is 171 Å². The minimum atomic E-state index is -3.77. The van der Waals surface area contributed by atoms with Gasteiger partial charge in [-0.3, -0.25) is 0 Å². The number of fused-ring (bicyclic) bond motifs is 1. The summed E-state index contributed by atoms with van der Waals surface area (Å²) in [5, 5.41) is 1.14. The third-order valence-corrected chi connectivity index (χ3v) is 6.32. The highest BCUT2D eigenvalue weighted by molar-refractivity contribution is 7.89. The van der Waals surface area contributed by atoms with Crippen LogP contribution in [0.15, 0.2) is 41.3 Å². The van der Waals surface area contributed by atoms with Gasteiger partial charge in [0, 0.05) is 19.1 Å². The third-order valence-electron chi connectivity index (χ3n) is 4.74. The van der Waals surface area contributed by atoms with E-state index in [1.807, 2.05) is 20.8 Å². The average Bonchev–Trinajstić information content (AvgIpc) is 2.66. The van der Waals surface area contributed by atoms with Gasteiger partial charge in [0.25, 0.3) is 0 Å². The second-order valence-corrected chi connectivity index (χ2v) is 9.79. The highest BCUT2D eigenvalue weighted by atomic mass is 32.2. The topological polar surface area (TPSA) is 80.1 Å². The lowest BCUT2D eigenvalue weighted by atomic mass is 10.1. The van der Waals surface area contributed by atoms with Crippen molar-refractivity contribution in [3.63, 3.8) is 0 Å². The smallest absolute Gasteiger partial charge is 0.410 e. The van der Waals surface area contributed by atoms with E-state index in [4.69, 9.17) is 11.3 Å². The summed E-state index contributed by atoms with van der Waals surface area (Å²) < 4.78 is 34.2. The van der Waals surface area contributed by atoms with Crippen LogP contribution in [-0.4, -0.2) is 44.1 Å². The number of amides is 1. The van der Waals surface area contributed by atoms with Gasteiger partial charge in [-0.05, 0) is 44.4 Å². The molecule has 0 unspecified atom stereocenters. The predicted molar refractivity (Wildman–Crippen MR) is 111 cm³/mol. The van der Waals surface area contributed by atoms with Crippen molar-refractivity contribution < 1.29 is 17.9 Å². The molecule has 154 valence electrons. The molecule has 8 heteroatoms. The van der Waals surface area contributed by atoms with Crippen LogP contribution in [0.3, 0.4) is 0 Å². The van der Waals surface area contributed by atoms with Gasteiger partial charge in [-0.25, -0.2) is 22.8 Å². The minimum absolute atomic E-state index is 0.162. The van der Waals surface area contributed by atoms with Gasteiger partial charge in [0.05, 0.1) is 11.5 Å². The standard InChI is InChI=1S/C21H25N3O4S/c1-21(2,3)28-20(25)24-13-11-15(12-14-24)23-29(26,27)19-10-9-18(22-4)16-7-5-6-8-17(16)19/h5-10,15,23H,11-14H2,1-3H3. The second kappa shape index (κ2) is 8.01. The molecule has 1 fully saturated rings. The molecule has 29 heavy (non-hydrogen) atoms. The molecule has 0 radical (unpaired) electrons. The number of piperidine rings is 1. The SMILES string of the molecule is [C-]#[N+]c1ccc(S(=O)(=O)NC2CCN(C(=O)OC(C)(C)C)CC2)c2ccccc12. The molecule has 1 aliphatic heterocycles. The first-order valence-electron chi connectivity index (χ1n) is 9.50. The van der Waals surface area contributed by atoms with Crippen LogP contribution in [0.25, 0.3) is 15.6 Å². The lowest BCUT2D eigenvalue weighted by Gasteiger charge is -2.33. The van der Waals surface area contributed by atoms with Gasteiger partial charge < -0.3 is 9.64 Å². The molecule has 1 N–H and O–H groups in total. The summed E-state index contributed by atoms with van der Waals surface area (Å²) in [7, 11) is -3.77. The highest BCUT2D eigenvalue weighted by Crippen LogP contribution is 2.31. The summed E-state index contributed by atoms with van der Waals surface area (Å²) >= 11 is 0. The largest absolute Gasteiger partial charge is 0.444 e. The molecule has 1 heterocycles.